The smallest absolute Gasteiger partial charge is 0.267 e. The minimum atomic E-state index is -0.0964. The van der Waals surface area contributed by atoms with E-state index in [-0.39, 0.29) is 5.91 Å². The lowest BCUT2D eigenvalue weighted by Crippen LogP contribution is -2.27. The molecule has 2 N–H and O–H groups in total. The van der Waals surface area contributed by atoms with Crippen molar-refractivity contribution in [3.05, 3.63) is 36.0 Å². The number of carbonyl (C=O) groups excluding carboxylic acids is 1. The third kappa shape index (κ3) is 2.85. The molecule has 0 aliphatic carbocycles. The lowest BCUT2D eigenvalue weighted by atomic mass is 10.2. The molecular weight excluding hydrogens is 216 g/mol. The maximum Gasteiger partial charge on any atom is 0.267 e. The van der Waals surface area contributed by atoms with Crippen molar-refractivity contribution >= 4 is 16.8 Å². The third-order valence-electron chi connectivity index (χ3n) is 2.51. The summed E-state index contributed by atoms with van der Waals surface area (Å²) in [5, 5.41) is 3.84. The Morgan fingerprint density at radius 1 is 1.41 bits per heavy atom. The lowest BCUT2D eigenvalue weighted by molar-refractivity contribution is 0.0918. The molecular formula is C13H16N2O2. The van der Waals surface area contributed by atoms with Crippen LogP contribution in [0.5, 0.6) is 0 Å². The topological polar surface area (TPSA) is 54.1 Å². The molecule has 4 nitrogen and oxygen atoms in total. The van der Waals surface area contributed by atoms with E-state index in [1.165, 1.54) is 0 Å². The van der Waals surface area contributed by atoms with Gasteiger partial charge in [0.15, 0.2) is 0 Å². The average molecular weight is 232 g/mol. The van der Waals surface area contributed by atoms with Crippen molar-refractivity contribution in [2.45, 2.75) is 6.92 Å². The summed E-state index contributed by atoms with van der Waals surface area (Å²) in [6.07, 6.45) is 0. The number of fused-ring (bicyclic) bond motifs is 1. The quantitative estimate of drug-likeness (QED) is 0.774. The summed E-state index contributed by atoms with van der Waals surface area (Å²) in [7, 11) is 0. The predicted molar refractivity (Wildman–Crippen MR) is 67.1 cm³/mol. The molecule has 1 aromatic heterocycles. The fourth-order valence-electron chi connectivity index (χ4n) is 1.67. The standard InChI is InChI=1S/C13H16N2O2/c1-2-17-8-7-14-13(16)12-9-10-5-3-4-6-11(10)15-12/h3-6,9,15H,2,7-8H2,1H3,(H,14,16). The number of hydrogen-bond donors (Lipinski definition) is 2. The van der Waals surface area contributed by atoms with Crippen LogP contribution in [0.1, 0.15) is 17.4 Å². The first-order valence-corrected chi connectivity index (χ1v) is 5.75. The monoisotopic (exact) mass is 232 g/mol. The van der Waals surface area contributed by atoms with E-state index in [2.05, 4.69) is 10.3 Å². The highest BCUT2D eigenvalue weighted by atomic mass is 16.5. The molecule has 0 aliphatic rings. The molecule has 0 fully saturated rings. The summed E-state index contributed by atoms with van der Waals surface area (Å²) in [5.74, 6) is -0.0964. The van der Waals surface area contributed by atoms with Crippen molar-refractivity contribution < 1.29 is 9.53 Å². The maximum atomic E-state index is 11.8. The highest BCUT2D eigenvalue weighted by Crippen LogP contribution is 2.14. The Morgan fingerprint density at radius 2 is 2.24 bits per heavy atom. The Bertz CT molecular complexity index is 472. The van der Waals surface area contributed by atoms with Crippen molar-refractivity contribution in [3.8, 4) is 0 Å². The van der Waals surface area contributed by atoms with Gasteiger partial charge in [-0.2, -0.15) is 0 Å². The van der Waals surface area contributed by atoms with Gasteiger partial charge in [-0.3, -0.25) is 4.79 Å². The van der Waals surface area contributed by atoms with Gasteiger partial charge in [0.05, 0.1) is 6.61 Å². The maximum absolute atomic E-state index is 11.8. The van der Waals surface area contributed by atoms with Crippen LogP contribution in [0.15, 0.2) is 30.3 Å². The number of amides is 1. The van der Waals surface area contributed by atoms with E-state index in [9.17, 15) is 4.79 Å². The number of carbonyl (C=O) groups is 1. The number of aromatic amines is 1. The molecule has 1 aromatic carbocycles. The Morgan fingerprint density at radius 3 is 3.00 bits per heavy atom. The minimum Gasteiger partial charge on any atom is -0.380 e. The molecule has 0 spiro atoms. The second-order valence-electron chi connectivity index (χ2n) is 3.72. The van der Waals surface area contributed by atoms with Crippen LogP contribution in [0.25, 0.3) is 10.9 Å². The van der Waals surface area contributed by atoms with Gasteiger partial charge >= 0.3 is 0 Å². The van der Waals surface area contributed by atoms with Crippen molar-refractivity contribution in [1.82, 2.24) is 10.3 Å². The number of para-hydroxylation sites is 1. The Hall–Kier alpha value is -1.81. The molecule has 0 radical (unpaired) electrons. The van der Waals surface area contributed by atoms with E-state index < -0.39 is 0 Å². The summed E-state index contributed by atoms with van der Waals surface area (Å²) in [5.41, 5.74) is 1.56. The largest absolute Gasteiger partial charge is 0.380 e. The van der Waals surface area contributed by atoms with Crippen LogP contribution in [0.4, 0.5) is 0 Å². The fourth-order valence-corrected chi connectivity index (χ4v) is 1.67. The van der Waals surface area contributed by atoms with Crippen LogP contribution in [0.2, 0.25) is 0 Å². The van der Waals surface area contributed by atoms with E-state index in [0.717, 1.165) is 10.9 Å². The van der Waals surface area contributed by atoms with Crippen LogP contribution in [0.3, 0.4) is 0 Å². The van der Waals surface area contributed by atoms with Gasteiger partial charge in [-0.1, -0.05) is 18.2 Å². The van der Waals surface area contributed by atoms with Gasteiger partial charge in [-0.25, -0.2) is 0 Å². The van der Waals surface area contributed by atoms with Crippen LogP contribution in [-0.4, -0.2) is 30.6 Å². The zero-order chi connectivity index (χ0) is 12.1. The number of hydrogen-bond acceptors (Lipinski definition) is 2. The van der Waals surface area contributed by atoms with Crippen LogP contribution in [0, 0.1) is 0 Å². The third-order valence-corrected chi connectivity index (χ3v) is 2.51. The number of H-pyrrole nitrogens is 1. The van der Waals surface area contributed by atoms with E-state index in [0.29, 0.717) is 25.5 Å². The Balaban J connectivity index is 1.99. The zero-order valence-corrected chi connectivity index (χ0v) is 9.82. The molecule has 90 valence electrons. The Kier molecular flexibility index (Phi) is 3.77. The highest BCUT2D eigenvalue weighted by molar-refractivity contribution is 5.97. The van der Waals surface area contributed by atoms with E-state index >= 15 is 0 Å². The van der Waals surface area contributed by atoms with Gasteiger partial charge in [0, 0.05) is 24.1 Å². The molecule has 1 heterocycles. The average Bonchev–Trinajstić information content (AvgIpc) is 2.78. The normalized spacial score (nSPS) is 10.6. The predicted octanol–water partition coefficient (Wildman–Crippen LogP) is 1.93. The van der Waals surface area contributed by atoms with Crippen molar-refractivity contribution in [1.29, 1.82) is 0 Å². The first-order valence-electron chi connectivity index (χ1n) is 5.75. The number of nitrogens with one attached hydrogen (secondary N) is 2. The number of aromatic nitrogens is 1. The van der Waals surface area contributed by atoms with Crippen molar-refractivity contribution in [3.63, 3.8) is 0 Å². The minimum absolute atomic E-state index is 0.0964. The van der Waals surface area contributed by atoms with Gasteiger partial charge < -0.3 is 15.0 Å². The molecule has 4 heteroatoms. The molecule has 2 aromatic rings. The van der Waals surface area contributed by atoms with Gasteiger partial charge in [-0.15, -0.1) is 0 Å². The van der Waals surface area contributed by atoms with Crippen LogP contribution >= 0.6 is 0 Å². The van der Waals surface area contributed by atoms with E-state index in [4.69, 9.17) is 4.74 Å². The molecule has 0 saturated carbocycles. The van der Waals surface area contributed by atoms with Gasteiger partial charge in [0.1, 0.15) is 5.69 Å². The zero-order valence-electron chi connectivity index (χ0n) is 9.82. The summed E-state index contributed by atoms with van der Waals surface area (Å²) in [4.78, 5) is 14.9. The first-order chi connectivity index (χ1) is 8.31. The summed E-state index contributed by atoms with van der Waals surface area (Å²) >= 11 is 0. The van der Waals surface area contributed by atoms with Crippen LogP contribution in [-0.2, 0) is 4.74 Å². The molecule has 0 saturated heterocycles. The molecule has 0 unspecified atom stereocenters. The van der Waals surface area contributed by atoms with Crippen molar-refractivity contribution in [2.24, 2.45) is 0 Å². The first kappa shape index (κ1) is 11.7. The number of ether oxygens (including phenoxy) is 1. The highest BCUT2D eigenvalue weighted by Gasteiger charge is 2.07. The molecule has 0 bridgehead atoms. The lowest BCUT2D eigenvalue weighted by Gasteiger charge is -2.03. The summed E-state index contributed by atoms with van der Waals surface area (Å²) in [6, 6.07) is 9.67. The van der Waals surface area contributed by atoms with Gasteiger partial charge in [0.2, 0.25) is 0 Å². The van der Waals surface area contributed by atoms with E-state index in [1.807, 2.05) is 37.3 Å². The SMILES string of the molecule is CCOCCNC(=O)c1cc2ccccc2[nH]1. The van der Waals surface area contributed by atoms with Gasteiger partial charge in [0.25, 0.3) is 5.91 Å². The molecule has 1 amide bonds. The molecule has 0 aliphatic heterocycles. The summed E-state index contributed by atoms with van der Waals surface area (Å²) < 4.78 is 5.15. The molecule has 2 rings (SSSR count). The fraction of sp³-hybridized carbons (Fsp3) is 0.308. The summed E-state index contributed by atoms with van der Waals surface area (Å²) in [6.45, 7) is 3.67. The number of rotatable bonds is 5. The van der Waals surface area contributed by atoms with E-state index in [1.54, 1.807) is 0 Å². The second kappa shape index (κ2) is 5.50. The Labute approximate surface area is 100.0 Å². The van der Waals surface area contributed by atoms with Gasteiger partial charge in [-0.05, 0) is 19.1 Å². The second-order valence-corrected chi connectivity index (χ2v) is 3.72. The van der Waals surface area contributed by atoms with Crippen LogP contribution < -0.4 is 5.32 Å². The van der Waals surface area contributed by atoms with Crippen molar-refractivity contribution in [2.75, 3.05) is 19.8 Å². The molecule has 17 heavy (non-hydrogen) atoms. The molecule has 0 atom stereocenters. The number of benzene rings is 1.